The van der Waals surface area contributed by atoms with E-state index < -0.39 is 17.9 Å². The van der Waals surface area contributed by atoms with Gasteiger partial charge >= 0.3 is 5.97 Å². The largest absolute Gasteiger partial charge is 0.494 e. The number of rotatable bonds is 10. The predicted octanol–water partition coefficient (Wildman–Crippen LogP) is 5.18. The number of nitrogens with zero attached hydrogens (tertiary/aromatic N) is 1. The molecule has 1 aliphatic rings. The molecule has 36 heavy (non-hydrogen) atoms. The molecule has 0 fully saturated rings. The lowest BCUT2D eigenvalue weighted by Crippen LogP contribution is -2.42. The van der Waals surface area contributed by atoms with Crippen LogP contribution >= 0.6 is 23.2 Å². The van der Waals surface area contributed by atoms with E-state index in [4.69, 9.17) is 32.9 Å². The van der Waals surface area contributed by atoms with Crippen molar-refractivity contribution in [3.8, 4) is 5.75 Å². The van der Waals surface area contributed by atoms with Gasteiger partial charge in [0.1, 0.15) is 17.6 Å². The molecule has 1 atom stereocenters. The number of hydrogen-bond acceptors (Lipinski definition) is 5. The van der Waals surface area contributed by atoms with Crippen molar-refractivity contribution in [3.63, 3.8) is 0 Å². The van der Waals surface area contributed by atoms with Crippen molar-refractivity contribution >= 4 is 40.9 Å². The normalized spacial score (nSPS) is 13.3. The summed E-state index contributed by atoms with van der Waals surface area (Å²) in [5.74, 6) is -0.0985. The molecular weight excluding hydrogens is 501 g/mol. The summed E-state index contributed by atoms with van der Waals surface area (Å²) in [5, 5.41) is 15.8. The van der Waals surface area contributed by atoms with Crippen LogP contribution in [0.4, 0.5) is 5.82 Å². The number of hydrogen-bond donors (Lipinski definition) is 3. The van der Waals surface area contributed by atoms with Crippen molar-refractivity contribution in [1.29, 1.82) is 0 Å². The number of amides is 1. The molecule has 2 heterocycles. The number of carboxylic acid groups (broad SMARTS) is 1. The molecule has 3 aromatic rings. The minimum Gasteiger partial charge on any atom is -0.494 e. The maximum Gasteiger partial charge on any atom is 0.326 e. The number of benzene rings is 2. The maximum atomic E-state index is 12.6. The molecule has 0 bridgehead atoms. The number of carbonyl (C=O) groups excluding carboxylic acids is 1. The second-order valence-electron chi connectivity index (χ2n) is 8.60. The van der Waals surface area contributed by atoms with Crippen LogP contribution in [0.3, 0.4) is 0 Å². The van der Waals surface area contributed by atoms with E-state index in [-0.39, 0.29) is 22.0 Å². The third-order valence-corrected chi connectivity index (χ3v) is 6.58. The zero-order valence-corrected chi connectivity index (χ0v) is 21.1. The highest BCUT2D eigenvalue weighted by molar-refractivity contribution is 6.39. The summed E-state index contributed by atoms with van der Waals surface area (Å²) in [6.45, 7) is 1.51. The number of ether oxygens (including phenoxy) is 1. The van der Waals surface area contributed by atoms with E-state index in [1.165, 1.54) is 17.7 Å². The summed E-state index contributed by atoms with van der Waals surface area (Å²) in [5.41, 5.74) is 3.12. The topological polar surface area (TPSA) is 101 Å². The van der Waals surface area contributed by atoms with Gasteiger partial charge in [-0.2, -0.15) is 0 Å². The molecule has 0 radical (unpaired) electrons. The summed E-state index contributed by atoms with van der Waals surface area (Å²) in [6, 6.07) is 14.9. The van der Waals surface area contributed by atoms with Crippen molar-refractivity contribution in [2.24, 2.45) is 0 Å². The zero-order chi connectivity index (χ0) is 25.5. The van der Waals surface area contributed by atoms with E-state index in [0.29, 0.717) is 12.4 Å². The van der Waals surface area contributed by atoms with Gasteiger partial charge < -0.3 is 20.5 Å². The fraction of sp³-hybridized carbons (Fsp3) is 0.296. The fourth-order valence-corrected chi connectivity index (χ4v) is 4.62. The van der Waals surface area contributed by atoms with Crippen LogP contribution in [0.5, 0.6) is 5.75 Å². The smallest absolute Gasteiger partial charge is 0.326 e. The van der Waals surface area contributed by atoms with E-state index in [9.17, 15) is 14.7 Å². The zero-order valence-electron chi connectivity index (χ0n) is 19.6. The Balaban J connectivity index is 1.27. The molecular formula is C27H27Cl2N3O4. The molecule has 0 unspecified atom stereocenters. The highest BCUT2D eigenvalue weighted by Gasteiger charge is 2.23. The first-order valence-corrected chi connectivity index (χ1v) is 12.6. The molecule has 188 valence electrons. The first-order valence-electron chi connectivity index (χ1n) is 11.8. The quantitative estimate of drug-likeness (QED) is 0.314. The van der Waals surface area contributed by atoms with Crippen LogP contribution < -0.4 is 15.4 Å². The number of aromatic nitrogens is 1. The number of carbonyl (C=O) groups is 2. The number of fused-ring (bicyclic) bond motifs is 1. The van der Waals surface area contributed by atoms with E-state index in [2.05, 4.69) is 22.8 Å². The van der Waals surface area contributed by atoms with Crippen LogP contribution in [0, 0.1) is 0 Å². The number of carboxylic acids is 1. The number of anilines is 1. The summed E-state index contributed by atoms with van der Waals surface area (Å²) in [4.78, 5) is 29.1. The Morgan fingerprint density at radius 1 is 1.08 bits per heavy atom. The summed E-state index contributed by atoms with van der Waals surface area (Å²) in [6.07, 6.45) is 3.96. The highest BCUT2D eigenvalue weighted by Crippen LogP contribution is 2.24. The molecule has 0 saturated carbocycles. The Morgan fingerprint density at radius 2 is 1.83 bits per heavy atom. The van der Waals surface area contributed by atoms with Gasteiger partial charge in [0.15, 0.2) is 0 Å². The van der Waals surface area contributed by atoms with Gasteiger partial charge in [-0.3, -0.25) is 4.79 Å². The van der Waals surface area contributed by atoms with Gasteiger partial charge in [0.25, 0.3) is 5.91 Å². The Kier molecular flexibility index (Phi) is 8.67. The highest BCUT2D eigenvalue weighted by atomic mass is 35.5. The molecule has 2 aromatic carbocycles. The van der Waals surface area contributed by atoms with Crippen molar-refractivity contribution in [1.82, 2.24) is 10.3 Å². The van der Waals surface area contributed by atoms with E-state index in [1.54, 1.807) is 30.3 Å². The molecule has 1 amide bonds. The summed E-state index contributed by atoms with van der Waals surface area (Å²) < 4.78 is 5.84. The van der Waals surface area contributed by atoms with Crippen LogP contribution in [0.15, 0.2) is 54.6 Å². The van der Waals surface area contributed by atoms with Crippen LogP contribution in [0.2, 0.25) is 10.0 Å². The minimum absolute atomic E-state index is 0.0534. The molecule has 4 rings (SSSR count). The number of halogens is 2. The van der Waals surface area contributed by atoms with E-state index in [0.717, 1.165) is 49.3 Å². The molecule has 3 N–H and O–H groups in total. The second kappa shape index (κ2) is 12.1. The minimum atomic E-state index is -1.15. The van der Waals surface area contributed by atoms with Gasteiger partial charge in [-0.1, -0.05) is 47.5 Å². The second-order valence-corrected chi connectivity index (χ2v) is 9.42. The van der Waals surface area contributed by atoms with Gasteiger partial charge in [-0.05, 0) is 67.1 Å². The molecule has 0 spiro atoms. The number of aryl methyl sites for hydroxylation is 2. The molecule has 0 aliphatic carbocycles. The lowest BCUT2D eigenvalue weighted by atomic mass is 10.1. The van der Waals surface area contributed by atoms with Crippen LogP contribution in [-0.4, -0.2) is 41.2 Å². The van der Waals surface area contributed by atoms with Crippen LogP contribution in [0.25, 0.3) is 0 Å². The standard InChI is InChI=1S/C27H27Cl2N3O4/c28-21-6-1-7-22(29)24(21)26(33)32-23(27(34)35)16-17-8-12-20(13-9-17)36-15-3-5-19-11-10-18-4-2-14-30-25(18)31-19/h1,6-13,23H,2-5,14-16H2,(H,30,31)(H,32,33)(H,34,35)/t23-/m1/s1. The van der Waals surface area contributed by atoms with Crippen LogP contribution in [0.1, 0.15) is 40.0 Å². The van der Waals surface area contributed by atoms with E-state index >= 15 is 0 Å². The molecule has 1 aliphatic heterocycles. The molecule has 0 saturated heterocycles. The predicted molar refractivity (Wildman–Crippen MR) is 140 cm³/mol. The van der Waals surface area contributed by atoms with Crippen LogP contribution in [-0.2, 0) is 24.1 Å². The average Bonchev–Trinajstić information content (AvgIpc) is 2.87. The lowest BCUT2D eigenvalue weighted by Gasteiger charge is -2.17. The van der Waals surface area contributed by atoms with Gasteiger partial charge in [0, 0.05) is 18.7 Å². The molecule has 1 aromatic heterocycles. The number of aliphatic carboxylic acids is 1. The van der Waals surface area contributed by atoms with Gasteiger partial charge in [0.2, 0.25) is 0 Å². The first-order chi connectivity index (χ1) is 17.4. The third-order valence-electron chi connectivity index (χ3n) is 5.95. The maximum absolute atomic E-state index is 12.6. The summed E-state index contributed by atoms with van der Waals surface area (Å²) in [7, 11) is 0. The van der Waals surface area contributed by atoms with Crippen molar-refractivity contribution in [2.75, 3.05) is 18.5 Å². The monoisotopic (exact) mass is 527 g/mol. The molecule has 9 heteroatoms. The van der Waals surface area contributed by atoms with E-state index in [1.807, 2.05) is 0 Å². The Labute approximate surface area is 219 Å². The van der Waals surface area contributed by atoms with Crippen molar-refractivity contribution < 1.29 is 19.4 Å². The summed E-state index contributed by atoms with van der Waals surface area (Å²) >= 11 is 12.1. The SMILES string of the molecule is O=C(N[C@H](Cc1ccc(OCCCc2ccc3c(n2)NCCC3)cc1)C(=O)O)c1c(Cl)cccc1Cl. The average molecular weight is 528 g/mol. The van der Waals surface area contributed by atoms with Gasteiger partial charge in [-0.25, -0.2) is 9.78 Å². The Bertz CT molecular complexity index is 1210. The Hall–Kier alpha value is -3.29. The fourth-order valence-electron chi connectivity index (χ4n) is 4.05. The van der Waals surface area contributed by atoms with Crippen molar-refractivity contribution in [3.05, 3.63) is 87.0 Å². The first kappa shape index (κ1) is 25.8. The number of nitrogens with one attached hydrogen (secondary N) is 2. The Morgan fingerprint density at radius 3 is 2.56 bits per heavy atom. The van der Waals surface area contributed by atoms with Crippen molar-refractivity contribution in [2.45, 2.75) is 38.1 Å². The number of pyridine rings is 1. The third kappa shape index (κ3) is 6.68. The lowest BCUT2D eigenvalue weighted by molar-refractivity contribution is -0.139. The van der Waals surface area contributed by atoms with Gasteiger partial charge in [-0.15, -0.1) is 0 Å². The van der Waals surface area contributed by atoms with Gasteiger partial charge in [0.05, 0.1) is 22.2 Å². The molecule has 7 nitrogen and oxygen atoms in total.